The van der Waals surface area contributed by atoms with E-state index in [1.807, 2.05) is 18.2 Å². The van der Waals surface area contributed by atoms with Crippen molar-refractivity contribution in [1.29, 1.82) is 0 Å². The SMILES string of the molecule is CNC(=O)c1ccc(-c2ccc(C)cc2)cn1. The van der Waals surface area contributed by atoms with E-state index in [-0.39, 0.29) is 5.91 Å². The van der Waals surface area contributed by atoms with E-state index in [4.69, 9.17) is 0 Å². The first-order chi connectivity index (χ1) is 8.20. The van der Waals surface area contributed by atoms with Crippen LogP contribution >= 0.6 is 0 Å². The van der Waals surface area contributed by atoms with Crippen molar-refractivity contribution in [2.75, 3.05) is 7.05 Å². The molecule has 0 saturated carbocycles. The molecule has 0 aliphatic heterocycles. The summed E-state index contributed by atoms with van der Waals surface area (Å²) >= 11 is 0. The Balaban J connectivity index is 2.29. The van der Waals surface area contributed by atoms with E-state index in [2.05, 4.69) is 29.4 Å². The fraction of sp³-hybridized carbons (Fsp3) is 0.143. The van der Waals surface area contributed by atoms with E-state index in [0.29, 0.717) is 5.69 Å². The highest BCUT2D eigenvalue weighted by atomic mass is 16.1. The number of aromatic nitrogens is 1. The normalized spacial score (nSPS) is 10.0. The molecule has 1 N–H and O–H groups in total. The predicted molar refractivity (Wildman–Crippen MR) is 67.8 cm³/mol. The van der Waals surface area contributed by atoms with Gasteiger partial charge in [0, 0.05) is 18.8 Å². The third kappa shape index (κ3) is 2.50. The van der Waals surface area contributed by atoms with Crippen LogP contribution in [0, 0.1) is 6.92 Å². The maximum absolute atomic E-state index is 11.3. The minimum absolute atomic E-state index is 0.166. The van der Waals surface area contributed by atoms with Crippen molar-refractivity contribution in [2.24, 2.45) is 0 Å². The molecule has 0 fully saturated rings. The van der Waals surface area contributed by atoms with Gasteiger partial charge < -0.3 is 5.32 Å². The van der Waals surface area contributed by atoms with Gasteiger partial charge in [-0.1, -0.05) is 35.9 Å². The van der Waals surface area contributed by atoms with Crippen molar-refractivity contribution < 1.29 is 4.79 Å². The molecule has 2 rings (SSSR count). The molecule has 17 heavy (non-hydrogen) atoms. The first-order valence-corrected chi connectivity index (χ1v) is 5.46. The molecular weight excluding hydrogens is 212 g/mol. The molecule has 3 heteroatoms. The Morgan fingerprint density at radius 1 is 1.06 bits per heavy atom. The number of aryl methyl sites for hydroxylation is 1. The Bertz CT molecular complexity index is 515. The molecule has 1 aromatic carbocycles. The van der Waals surface area contributed by atoms with Gasteiger partial charge in [-0.25, -0.2) is 0 Å². The molecule has 0 bridgehead atoms. The van der Waals surface area contributed by atoms with Crippen molar-refractivity contribution >= 4 is 5.91 Å². The molecule has 2 aromatic rings. The van der Waals surface area contributed by atoms with Crippen LogP contribution in [0.3, 0.4) is 0 Å². The zero-order valence-electron chi connectivity index (χ0n) is 9.90. The summed E-state index contributed by atoms with van der Waals surface area (Å²) in [5.41, 5.74) is 3.77. The van der Waals surface area contributed by atoms with Crippen molar-refractivity contribution in [2.45, 2.75) is 6.92 Å². The van der Waals surface area contributed by atoms with Crippen molar-refractivity contribution in [3.05, 3.63) is 53.9 Å². The summed E-state index contributed by atoms with van der Waals surface area (Å²) in [5.74, 6) is -0.166. The number of carbonyl (C=O) groups is 1. The summed E-state index contributed by atoms with van der Waals surface area (Å²) < 4.78 is 0. The zero-order valence-corrected chi connectivity index (χ0v) is 9.90. The lowest BCUT2D eigenvalue weighted by Gasteiger charge is -2.03. The van der Waals surface area contributed by atoms with Crippen LogP contribution in [-0.2, 0) is 0 Å². The van der Waals surface area contributed by atoms with Crippen molar-refractivity contribution in [3.63, 3.8) is 0 Å². The molecule has 86 valence electrons. The highest BCUT2D eigenvalue weighted by molar-refractivity contribution is 5.92. The van der Waals surface area contributed by atoms with E-state index in [9.17, 15) is 4.79 Å². The number of hydrogen-bond acceptors (Lipinski definition) is 2. The molecule has 0 aliphatic carbocycles. The van der Waals surface area contributed by atoms with Gasteiger partial charge in [-0.2, -0.15) is 0 Å². The minimum atomic E-state index is -0.166. The second-order valence-electron chi connectivity index (χ2n) is 3.88. The molecule has 1 amide bonds. The summed E-state index contributed by atoms with van der Waals surface area (Å²) in [6.45, 7) is 2.05. The molecule has 0 aliphatic rings. The van der Waals surface area contributed by atoms with Crippen LogP contribution in [0.25, 0.3) is 11.1 Å². The maximum atomic E-state index is 11.3. The van der Waals surface area contributed by atoms with Gasteiger partial charge in [-0.05, 0) is 18.6 Å². The van der Waals surface area contributed by atoms with E-state index in [1.165, 1.54) is 5.56 Å². The highest BCUT2D eigenvalue weighted by Crippen LogP contribution is 2.18. The van der Waals surface area contributed by atoms with E-state index in [1.54, 1.807) is 19.3 Å². The Hall–Kier alpha value is -2.16. The van der Waals surface area contributed by atoms with E-state index < -0.39 is 0 Å². The first kappa shape index (κ1) is 11.3. The van der Waals surface area contributed by atoms with Gasteiger partial charge in [0.25, 0.3) is 5.91 Å². The van der Waals surface area contributed by atoms with Crippen molar-refractivity contribution in [3.8, 4) is 11.1 Å². The number of nitrogens with one attached hydrogen (secondary N) is 1. The number of benzene rings is 1. The van der Waals surface area contributed by atoms with Crippen LogP contribution < -0.4 is 5.32 Å². The Morgan fingerprint density at radius 3 is 2.24 bits per heavy atom. The molecule has 0 spiro atoms. The second-order valence-corrected chi connectivity index (χ2v) is 3.88. The van der Waals surface area contributed by atoms with Gasteiger partial charge in [0.05, 0.1) is 0 Å². The lowest BCUT2D eigenvalue weighted by molar-refractivity contribution is 0.0958. The summed E-state index contributed by atoms with van der Waals surface area (Å²) in [6.07, 6.45) is 1.72. The number of nitrogens with zero attached hydrogens (tertiary/aromatic N) is 1. The molecule has 0 saturated heterocycles. The van der Waals surface area contributed by atoms with Crippen LogP contribution in [0.2, 0.25) is 0 Å². The molecule has 0 unspecified atom stereocenters. The number of rotatable bonds is 2. The van der Waals surface area contributed by atoms with Gasteiger partial charge in [-0.15, -0.1) is 0 Å². The molecular formula is C14H14N2O. The number of amides is 1. The molecule has 0 atom stereocenters. The Kier molecular flexibility index (Phi) is 3.19. The average molecular weight is 226 g/mol. The van der Waals surface area contributed by atoms with Gasteiger partial charge in [0.15, 0.2) is 0 Å². The van der Waals surface area contributed by atoms with E-state index >= 15 is 0 Å². The average Bonchev–Trinajstić information content (AvgIpc) is 2.39. The topological polar surface area (TPSA) is 42.0 Å². The van der Waals surface area contributed by atoms with Crippen LogP contribution in [0.15, 0.2) is 42.6 Å². The second kappa shape index (κ2) is 4.78. The lowest BCUT2D eigenvalue weighted by Crippen LogP contribution is -2.18. The van der Waals surface area contributed by atoms with Crippen LogP contribution in [0.1, 0.15) is 16.1 Å². The third-order valence-electron chi connectivity index (χ3n) is 2.61. The van der Waals surface area contributed by atoms with Crippen LogP contribution in [0.5, 0.6) is 0 Å². The lowest BCUT2D eigenvalue weighted by atomic mass is 10.1. The molecule has 1 heterocycles. The number of pyridine rings is 1. The summed E-state index contributed by atoms with van der Waals surface area (Å²) in [7, 11) is 1.60. The van der Waals surface area contributed by atoms with Crippen LogP contribution in [-0.4, -0.2) is 17.9 Å². The number of carbonyl (C=O) groups excluding carboxylic acids is 1. The van der Waals surface area contributed by atoms with Gasteiger partial charge in [-0.3, -0.25) is 9.78 Å². The smallest absolute Gasteiger partial charge is 0.269 e. The van der Waals surface area contributed by atoms with Gasteiger partial charge >= 0.3 is 0 Å². The summed E-state index contributed by atoms with van der Waals surface area (Å²) in [5, 5.41) is 2.55. The van der Waals surface area contributed by atoms with Crippen molar-refractivity contribution in [1.82, 2.24) is 10.3 Å². The van der Waals surface area contributed by atoms with Crippen LogP contribution in [0.4, 0.5) is 0 Å². The molecule has 0 radical (unpaired) electrons. The molecule has 1 aromatic heterocycles. The molecule has 3 nitrogen and oxygen atoms in total. The minimum Gasteiger partial charge on any atom is -0.354 e. The Labute approximate surface area is 101 Å². The summed E-state index contributed by atoms with van der Waals surface area (Å²) in [4.78, 5) is 15.5. The monoisotopic (exact) mass is 226 g/mol. The predicted octanol–water partition coefficient (Wildman–Crippen LogP) is 2.42. The van der Waals surface area contributed by atoms with Gasteiger partial charge in [0.1, 0.15) is 5.69 Å². The fourth-order valence-corrected chi connectivity index (χ4v) is 1.57. The zero-order chi connectivity index (χ0) is 12.3. The highest BCUT2D eigenvalue weighted by Gasteiger charge is 2.04. The first-order valence-electron chi connectivity index (χ1n) is 5.46. The maximum Gasteiger partial charge on any atom is 0.269 e. The third-order valence-corrected chi connectivity index (χ3v) is 2.61. The largest absolute Gasteiger partial charge is 0.354 e. The van der Waals surface area contributed by atoms with Gasteiger partial charge in [0.2, 0.25) is 0 Å². The number of hydrogen-bond donors (Lipinski definition) is 1. The fourth-order valence-electron chi connectivity index (χ4n) is 1.57. The standard InChI is InChI=1S/C14H14N2O/c1-10-3-5-11(6-4-10)12-7-8-13(16-9-12)14(17)15-2/h3-9H,1-2H3,(H,15,17). The summed E-state index contributed by atoms with van der Waals surface area (Å²) in [6, 6.07) is 11.8. The quantitative estimate of drug-likeness (QED) is 0.854. The van der Waals surface area contributed by atoms with E-state index in [0.717, 1.165) is 11.1 Å². The Morgan fingerprint density at radius 2 is 1.71 bits per heavy atom.